The van der Waals surface area contributed by atoms with Gasteiger partial charge >= 0.3 is 0 Å². The first-order valence-corrected chi connectivity index (χ1v) is 10.4. The van der Waals surface area contributed by atoms with Gasteiger partial charge in [-0.25, -0.2) is 4.39 Å². The van der Waals surface area contributed by atoms with Crippen LogP contribution in [0.2, 0.25) is 0 Å². The van der Waals surface area contributed by atoms with Crippen LogP contribution in [0.5, 0.6) is 0 Å². The molecular weight excluding hydrogens is 389 g/mol. The van der Waals surface area contributed by atoms with E-state index in [-0.39, 0.29) is 23.5 Å². The van der Waals surface area contributed by atoms with Crippen LogP contribution < -0.4 is 16.0 Å². The molecule has 0 aliphatic carbocycles. The number of anilines is 2. The van der Waals surface area contributed by atoms with Crippen molar-refractivity contribution in [2.75, 3.05) is 23.3 Å². The third-order valence-corrected chi connectivity index (χ3v) is 6.77. The minimum Gasteiger partial charge on any atom is -0.370 e. The Bertz CT molecular complexity index is 1090. The molecule has 0 radical (unpaired) electrons. The van der Waals surface area contributed by atoms with E-state index in [9.17, 15) is 14.0 Å². The molecule has 1 aliphatic heterocycles. The molecule has 0 saturated carbocycles. The van der Waals surface area contributed by atoms with Crippen molar-refractivity contribution in [1.29, 1.82) is 0 Å². The maximum absolute atomic E-state index is 13.6. The topological polar surface area (TPSA) is 75.4 Å². The average Bonchev–Trinajstić information content (AvgIpc) is 3.04. The Hall–Kier alpha value is -2.93. The fourth-order valence-corrected chi connectivity index (χ4v) is 4.93. The van der Waals surface area contributed by atoms with Gasteiger partial charge in [-0.2, -0.15) is 0 Å². The molecular formula is C22H22FN3O2S. The summed E-state index contributed by atoms with van der Waals surface area (Å²) < 4.78 is 14.5. The van der Waals surface area contributed by atoms with Crippen LogP contribution in [0.25, 0.3) is 10.1 Å². The van der Waals surface area contributed by atoms with Crippen LogP contribution in [0.3, 0.4) is 0 Å². The number of para-hydroxylation sites is 2. The van der Waals surface area contributed by atoms with E-state index in [1.54, 1.807) is 6.07 Å². The van der Waals surface area contributed by atoms with Crippen LogP contribution in [0.15, 0.2) is 42.5 Å². The summed E-state index contributed by atoms with van der Waals surface area (Å²) in [6.07, 6.45) is 1.41. The van der Waals surface area contributed by atoms with Gasteiger partial charge in [0, 0.05) is 23.7 Å². The Labute approximate surface area is 172 Å². The van der Waals surface area contributed by atoms with E-state index in [4.69, 9.17) is 5.73 Å². The molecule has 0 unspecified atom stereocenters. The van der Waals surface area contributed by atoms with Gasteiger partial charge < -0.3 is 16.0 Å². The number of primary amides is 1. The van der Waals surface area contributed by atoms with Gasteiger partial charge in [0.2, 0.25) is 5.91 Å². The van der Waals surface area contributed by atoms with Crippen molar-refractivity contribution in [3.8, 4) is 0 Å². The number of nitrogens with two attached hydrogens (primary N) is 1. The van der Waals surface area contributed by atoms with Gasteiger partial charge in [0.15, 0.2) is 0 Å². The van der Waals surface area contributed by atoms with E-state index in [1.165, 1.54) is 23.5 Å². The zero-order valence-electron chi connectivity index (χ0n) is 16.1. The highest BCUT2D eigenvalue weighted by Gasteiger charge is 2.25. The summed E-state index contributed by atoms with van der Waals surface area (Å²) in [6.45, 7) is 3.26. The van der Waals surface area contributed by atoms with E-state index in [0.717, 1.165) is 27.0 Å². The number of halogens is 1. The van der Waals surface area contributed by atoms with Crippen molar-refractivity contribution in [3.05, 3.63) is 58.7 Å². The largest absolute Gasteiger partial charge is 0.370 e. The molecule has 1 aromatic heterocycles. The second kappa shape index (κ2) is 7.83. The van der Waals surface area contributed by atoms with E-state index in [0.29, 0.717) is 30.8 Å². The molecule has 7 heteroatoms. The standard InChI is InChI=1S/C22H22FN3O2S/c1-13-16-12-15(23)6-7-19(16)29-20(13)22(28)25-17-4-2-3-5-18(17)26-10-8-14(9-11-26)21(24)27/h2-7,12,14H,8-11H2,1H3,(H2,24,27)(H,25,28). The molecule has 1 fully saturated rings. The summed E-state index contributed by atoms with van der Waals surface area (Å²) in [7, 11) is 0. The SMILES string of the molecule is Cc1c(C(=O)Nc2ccccc2N2CCC(C(N)=O)CC2)sc2ccc(F)cc12. The number of thiophene rings is 1. The van der Waals surface area contributed by atoms with Gasteiger partial charge in [0.05, 0.1) is 16.3 Å². The van der Waals surface area contributed by atoms with Gasteiger partial charge in [0.25, 0.3) is 5.91 Å². The van der Waals surface area contributed by atoms with Crippen LogP contribution in [-0.4, -0.2) is 24.9 Å². The number of fused-ring (bicyclic) bond motifs is 1. The fourth-order valence-electron chi connectivity index (χ4n) is 3.85. The minimum absolute atomic E-state index is 0.0883. The maximum Gasteiger partial charge on any atom is 0.266 e. The van der Waals surface area contributed by atoms with Gasteiger partial charge in [0.1, 0.15) is 5.82 Å². The van der Waals surface area contributed by atoms with Crippen molar-refractivity contribution in [3.63, 3.8) is 0 Å². The molecule has 4 rings (SSSR count). The highest BCUT2D eigenvalue weighted by Crippen LogP contribution is 2.34. The smallest absolute Gasteiger partial charge is 0.266 e. The lowest BCUT2D eigenvalue weighted by Gasteiger charge is -2.33. The first kappa shape index (κ1) is 19.4. The summed E-state index contributed by atoms with van der Waals surface area (Å²) in [4.78, 5) is 27.2. The highest BCUT2D eigenvalue weighted by atomic mass is 32.1. The lowest BCUT2D eigenvalue weighted by atomic mass is 9.96. The zero-order chi connectivity index (χ0) is 20.5. The predicted molar refractivity (Wildman–Crippen MR) is 115 cm³/mol. The average molecular weight is 412 g/mol. The maximum atomic E-state index is 13.6. The Morgan fingerprint density at radius 1 is 1.17 bits per heavy atom. The van der Waals surface area contributed by atoms with E-state index in [1.807, 2.05) is 31.2 Å². The summed E-state index contributed by atoms with van der Waals surface area (Å²) in [6, 6.07) is 12.2. The number of carbonyl (C=O) groups excluding carboxylic acids is 2. The number of rotatable bonds is 4. The van der Waals surface area contributed by atoms with E-state index >= 15 is 0 Å². The lowest BCUT2D eigenvalue weighted by Crippen LogP contribution is -2.38. The molecule has 29 heavy (non-hydrogen) atoms. The first-order valence-electron chi connectivity index (χ1n) is 9.57. The van der Waals surface area contributed by atoms with Gasteiger partial charge in [-0.3, -0.25) is 9.59 Å². The van der Waals surface area contributed by atoms with Gasteiger partial charge in [-0.15, -0.1) is 11.3 Å². The number of carbonyl (C=O) groups is 2. The number of benzene rings is 2. The predicted octanol–water partition coefficient (Wildman–Crippen LogP) is 4.30. The van der Waals surface area contributed by atoms with E-state index in [2.05, 4.69) is 10.2 Å². The van der Waals surface area contributed by atoms with Crippen LogP contribution in [0.1, 0.15) is 28.1 Å². The molecule has 5 nitrogen and oxygen atoms in total. The summed E-state index contributed by atoms with van der Waals surface area (Å²) in [5, 5.41) is 3.78. The van der Waals surface area contributed by atoms with Crippen molar-refractivity contribution >= 4 is 44.6 Å². The normalized spacial score (nSPS) is 14.9. The third kappa shape index (κ3) is 3.82. The fraction of sp³-hybridized carbons (Fsp3) is 0.273. The zero-order valence-corrected chi connectivity index (χ0v) is 16.9. The van der Waals surface area contributed by atoms with Crippen LogP contribution >= 0.6 is 11.3 Å². The second-order valence-electron chi connectivity index (χ2n) is 7.33. The monoisotopic (exact) mass is 411 g/mol. The molecule has 2 aromatic carbocycles. The third-order valence-electron chi connectivity index (χ3n) is 5.49. The Morgan fingerprint density at radius 3 is 2.62 bits per heavy atom. The van der Waals surface area contributed by atoms with Gasteiger partial charge in [-0.1, -0.05) is 12.1 Å². The molecule has 1 aliphatic rings. The van der Waals surface area contributed by atoms with Crippen LogP contribution in [-0.2, 0) is 4.79 Å². The number of nitrogens with zero attached hydrogens (tertiary/aromatic N) is 1. The Balaban J connectivity index is 1.57. The van der Waals surface area contributed by atoms with Crippen molar-refractivity contribution in [2.24, 2.45) is 11.7 Å². The Morgan fingerprint density at radius 2 is 1.90 bits per heavy atom. The summed E-state index contributed by atoms with van der Waals surface area (Å²) in [5.41, 5.74) is 7.85. The second-order valence-corrected chi connectivity index (χ2v) is 8.38. The highest BCUT2D eigenvalue weighted by molar-refractivity contribution is 7.21. The molecule has 3 N–H and O–H groups in total. The van der Waals surface area contributed by atoms with Crippen molar-refractivity contribution in [2.45, 2.75) is 19.8 Å². The lowest BCUT2D eigenvalue weighted by molar-refractivity contribution is -0.122. The molecule has 1 saturated heterocycles. The summed E-state index contributed by atoms with van der Waals surface area (Å²) in [5.74, 6) is -0.851. The summed E-state index contributed by atoms with van der Waals surface area (Å²) >= 11 is 1.36. The molecule has 0 atom stereocenters. The molecule has 2 amide bonds. The molecule has 3 aromatic rings. The van der Waals surface area contributed by atoms with Crippen molar-refractivity contribution < 1.29 is 14.0 Å². The minimum atomic E-state index is -0.310. The molecule has 0 bridgehead atoms. The number of hydrogen-bond donors (Lipinski definition) is 2. The number of piperidine rings is 1. The van der Waals surface area contributed by atoms with Gasteiger partial charge in [-0.05, 0) is 61.0 Å². The number of nitrogens with one attached hydrogen (secondary N) is 1. The molecule has 150 valence electrons. The van der Waals surface area contributed by atoms with Crippen LogP contribution in [0, 0.1) is 18.7 Å². The molecule has 0 spiro atoms. The first-order chi connectivity index (χ1) is 13.9. The Kier molecular flexibility index (Phi) is 5.24. The van der Waals surface area contributed by atoms with E-state index < -0.39 is 0 Å². The van der Waals surface area contributed by atoms with Crippen molar-refractivity contribution in [1.82, 2.24) is 0 Å². The van der Waals surface area contributed by atoms with Crippen LogP contribution in [0.4, 0.5) is 15.8 Å². The number of aryl methyl sites for hydroxylation is 1. The quantitative estimate of drug-likeness (QED) is 0.672. The molecule has 2 heterocycles. The number of hydrogen-bond acceptors (Lipinski definition) is 4. The number of amides is 2.